The predicted molar refractivity (Wildman–Crippen MR) is 128 cm³/mol. The van der Waals surface area contributed by atoms with E-state index in [1.807, 2.05) is 68.1 Å². The highest BCUT2D eigenvalue weighted by Crippen LogP contribution is 2.35. The van der Waals surface area contributed by atoms with Gasteiger partial charge in [0.25, 0.3) is 0 Å². The summed E-state index contributed by atoms with van der Waals surface area (Å²) in [4.78, 5) is 14.9. The molecule has 0 saturated carbocycles. The van der Waals surface area contributed by atoms with Crippen LogP contribution in [0, 0.1) is 0 Å². The minimum Gasteiger partial charge on any atom is -0.368 e. The summed E-state index contributed by atoms with van der Waals surface area (Å²) in [5, 5.41) is 10.3. The first-order valence-electron chi connectivity index (χ1n) is 10.0. The van der Waals surface area contributed by atoms with Crippen LogP contribution in [-0.2, 0) is 6.42 Å². The lowest BCUT2D eigenvalue weighted by molar-refractivity contribution is 0.828. The van der Waals surface area contributed by atoms with E-state index in [-0.39, 0.29) is 11.2 Å². The Morgan fingerprint density at radius 1 is 1.00 bits per heavy atom. The second-order valence-corrected chi connectivity index (χ2v) is 9.12. The van der Waals surface area contributed by atoms with Crippen LogP contribution < -0.4 is 10.6 Å². The number of aromatic nitrogens is 6. The number of nitrogens with two attached hydrogens (primary N) is 1. The van der Waals surface area contributed by atoms with Crippen LogP contribution in [0.2, 0.25) is 5.02 Å². The molecule has 1 atom stereocenters. The van der Waals surface area contributed by atoms with Crippen LogP contribution in [0.1, 0.15) is 29.4 Å². The standard InChI is InChI=1S/C22H23ClN8S/c1-14(19-25-20(24)27-21(26-19)30(2)3)32-22-29-28-18(13-15-7-5-4-6-8-15)31(22)17-11-9-16(23)10-12-17/h4-12,14H,13H2,1-3H3,(H2,24,25,26,27). The van der Waals surface area contributed by atoms with Crippen molar-refractivity contribution in [2.75, 3.05) is 24.7 Å². The number of nitrogen functional groups attached to an aromatic ring is 1. The molecular formula is C22H23ClN8S. The minimum atomic E-state index is -0.126. The third kappa shape index (κ3) is 5.00. The van der Waals surface area contributed by atoms with Crippen molar-refractivity contribution in [2.24, 2.45) is 0 Å². The fourth-order valence-corrected chi connectivity index (χ4v) is 4.17. The van der Waals surface area contributed by atoms with Crippen LogP contribution in [0.15, 0.2) is 59.8 Å². The molecule has 0 aliphatic carbocycles. The number of halogens is 1. The Kier molecular flexibility index (Phi) is 6.57. The van der Waals surface area contributed by atoms with Crippen LogP contribution >= 0.6 is 23.4 Å². The van der Waals surface area contributed by atoms with E-state index in [2.05, 4.69) is 37.3 Å². The van der Waals surface area contributed by atoms with Crippen LogP contribution in [0.5, 0.6) is 0 Å². The van der Waals surface area contributed by atoms with E-state index < -0.39 is 0 Å². The second-order valence-electron chi connectivity index (χ2n) is 7.38. The van der Waals surface area contributed by atoms with Crippen LogP contribution in [0.3, 0.4) is 0 Å². The first-order valence-corrected chi connectivity index (χ1v) is 11.3. The van der Waals surface area contributed by atoms with Gasteiger partial charge in [0.05, 0.1) is 5.25 Å². The molecule has 32 heavy (non-hydrogen) atoms. The van der Waals surface area contributed by atoms with Crippen molar-refractivity contribution < 1.29 is 0 Å². The molecule has 2 aromatic carbocycles. The van der Waals surface area contributed by atoms with Crippen molar-refractivity contribution >= 4 is 35.3 Å². The fraction of sp³-hybridized carbons (Fsp3) is 0.227. The molecule has 1 unspecified atom stereocenters. The predicted octanol–water partition coefficient (Wildman–Crippen LogP) is 4.20. The molecule has 4 rings (SSSR count). The van der Waals surface area contributed by atoms with Gasteiger partial charge in [-0.15, -0.1) is 10.2 Å². The normalized spacial score (nSPS) is 12.0. The molecule has 0 amide bonds. The summed E-state index contributed by atoms with van der Waals surface area (Å²) in [7, 11) is 3.73. The number of hydrogen-bond donors (Lipinski definition) is 1. The number of hydrogen-bond acceptors (Lipinski definition) is 8. The Morgan fingerprint density at radius 3 is 2.41 bits per heavy atom. The van der Waals surface area contributed by atoms with Crippen molar-refractivity contribution in [1.82, 2.24) is 29.7 Å². The van der Waals surface area contributed by atoms with Crippen molar-refractivity contribution in [3.05, 3.63) is 76.8 Å². The second kappa shape index (κ2) is 9.54. The summed E-state index contributed by atoms with van der Waals surface area (Å²) in [5.41, 5.74) is 8.00. The molecule has 0 spiro atoms. The summed E-state index contributed by atoms with van der Waals surface area (Å²) in [6.45, 7) is 2.01. The quantitative estimate of drug-likeness (QED) is 0.404. The average molecular weight is 467 g/mol. The molecular weight excluding hydrogens is 444 g/mol. The fourth-order valence-electron chi connectivity index (χ4n) is 3.11. The van der Waals surface area contributed by atoms with Gasteiger partial charge in [0.2, 0.25) is 11.9 Å². The molecule has 4 aromatic rings. The zero-order valence-electron chi connectivity index (χ0n) is 18.0. The zero-order chi connectivity index (χ0) is 22.7. The molecule has 0 fully saturated rings. The summed E-state index contributed by atoms with van der Waals surface area (Å²) >= 11 is 7.63. The number of rotatable bonds is 7. The number of anilines is 2. The van der Waals surface area contributed by atoms with Crippen LogP contribution in [-0.4, -0.2) is 43.8 Å². The molecule has 0 radical (unpaired) electrons. The van der Waals surface area contributed by atoms with Gasteiger partial charge < -0.3 is 10.6 Å². The van der Waals surface area contributed by atoms with Crippen LogP contribution in [0.25, 0.3) is 5.69 Å². The lowest BCUT2D eigenvalue weighted by atomic mass is 10.1. The molecule has 0 aliphatic rings. The molecule has 0 saturated heterocycles. The van der Waals surface area contributed by atoms with Gasteiger partial charge >= 0.3 is 0 Å². The molecule has 8 nitrogen and oxygen atoms in total. The van der Waals surface area contributed by atoms with Gasteiger partial charge in [0, 0.05) is 31.2 Å². The molecule has 2 aromatic heterocycles. The topological polar surface area (TPSA) is 98.6 Å². The Morgan fingerprint density at radius 2 is 1.72 bits per heavy atom. The third-order valence-corrected chi connectivity index (χ3v) is 5.99. The first kappa shape index (κ1) is 22.0. The maximum absolute atomic E-state index is 6.12. The van der Waals surface area contributed by atoms with E-state index >= 15 is 0 Å². The van der Waals surface area contributed by atoms with Crippen LogP contribution in [0.4, 0.5) is 11.9 Å². The minimum absolute atomic E-state index is 0.126. The molecule has 10 heteroatoms. The van der Waals surface area contributed by atoms with Crippen molar-refractivity contribution in [2.45, 2.75) is 23.8 Å². The zero-order valence-corrected chi connectivity index (χ0v) is 19.5. The molecule has 2 heterocycles. The summed E-state index contributed by atoms with van der Waals surface area (Å²) < 4.78 is 2.04. The van der Waals surface area contributed by atoms with Gasteiger partial charge in [-0.2, -0.15) is 15.0 Å². The number of thioether (sulfide) groups is 1. The Hall–Kier alpha value is -3.17. The molecule has 0 bridgehead atoms. The summed E-state index contributed by atoms with van der Waals surface area (Å²) in [6, 6.07) is 17.8. The lowest BCUT2D eigenvalue weighted by Gasteiger charge is -2.15. The summed E-state index contributed by atoms with van der Waals surface area (Å²) in [6.07, 6.45) is 0.648. The van der Waals surface area contributed by atoms with Gasteiger partial charge in [-0.25, -0.2) is 0 Å². The molecule has 164 valence electrons. The van der Waals surface area contributed by atoms with E-state index in [1.54, 1.807) is 4.90 Å². The van der Waals surface area contributed by atoms with Gasteiger partial charge in [-0.3, -0.25) is 4.57 Å². The summed E-state index contributed by atoms with van der Waals surface area (Å²) in [5.74, 6) is 2.12. The van der Waals surface area contributed by atoms with E-state index in [0.717, 1.165) is 22.2 Å². The average Bonchev–Trinajstić information content (AvgIpc) is 3.16. The monoisotopic (exact) mass is 466 g/mol. The Labute approximate surface area is 195 Å². The largest absolute Gasteiger partial charge is 0.368 e. The van der Waals surface area contributed by atoms with E-state index in [0.29, 0.717) is 23.2 Å². The smallest absolute Gasteiger partial charge is 0.229 e. The molecule has 2 N–H and O–H groups in total. The Balaban J connectivity index is 1.70. The van der Waals surface area contributed by atoms with Gasteiger partial charge in [-0.05, 0) is 36.8 Å². The Bertz CT molecular complexity index is 1190. The first-order chi connectivity index (χ1) is 15.4. The van der Waals surface area contributed by atoms with Crippen molar-refractivity contribution in [3.8, 4) is 5.69 Å². The molecule has 0 aliphatic heterocycles. The van der Waals surface area contributed by atoms with E-state index in [9.17, 15) is 0 Å². The van der Waals surface area contributed by atoms with E-state index in [1.165, 1.54) is 11.8 Å². The number of benzene rings is 2. The van der Waals surface area contributed by atoms with E-state index in [4.69, 9.17) is 17.3 Å². The van der Waals surface area contributed by atoms with Crippen molar-refractivity contribution in [3.63, 3.8) is 0 Å². The highest BCUT2D eigenvalue weighted by molar-refractivity contribution is 7.99. The SMILES string of the molecule is CC(Sc1nnc(Cc2ccccc2)n1-c1ccc(Cl)cc1)c1nc(N)nc(N(C)C)n1. The maximum Gasteiger partial charge on any atom is 0.229 e. The highest BCUT2D eigenvalue weighted by atomic mass is 35.5. The van der Waals surface area contributed by atoms with Gasteiger partial charge in [0.15, 0.2) is 5.16 Å². The van der Waals surface area contributed by atoms with Gasteiger partial charge in [0.1, 0.15) is 11.6 Å². The van der Waals surface area contributed by atoms with Gasteiger partial charge in [-0.1, -0.05) is 53.7 Å². The highest BCUT2D eigenvalue weighted by Gasteiger charge is 2.21. The lowest BCUT2D eigenvalue weighted by Crippen LogP contribution is -2.16. The third-order valence-electron chi connectivity index (χ3n) is 4.69. The van der Waals surface area contributed by atoms with Crippen molar-refractivity contribution in [1.29, 1.82) is 0 Å². The number of nitrogens with zero attached hydrogens (tertiary/aromatic N) is 7. The maximum atomic E-state index is 6.12.